The number of ketones is 1. The molecule has 0 heterocycles. The minimum absolute atomic E-state index is 0. The summed E-state index contributed by atoms with van der Waals surface area (Å²) in [6, 6.07) is 0. The fourth-order valence-corrected chi connectivity index (χ4v) is 0.501. The highest BCUT2D eigenvalue weighted by atomic mass is 35.5. The maximum absolute atomic E-state index is 10.3. The Morgan fingerprint density at radius 3 is 1.76 bits per heavy atom. The van der Waals surface area contributed by atoms with Crippen molar-refractivity contribution >= 4 is 59.3 Å². The van der Waals surface area contributed by atoms with Crippen LogP contribution in [0.3, 0.4) is 0 Å². The van der Waals surface area contributed by atoms with Gasteiger partial charge in [0.15, 0.2) is 0 Å². The lowest BCUT2D eigenvalue weighted by Gasteiger charge is -1.93. The quantitative estimate of drug-likeness (QED) is 0.436. The van der Waals surface area contributed by atoms with Gasteiger partial charge < -0.3 is 15.7 Å². The largest absolute Gasteiger partial charge is 1.00 e. The van der Waals surface area contributed by atoms with Crippen molar-refractivity contribution in [3.05, 3.63) is 0 Å². The predicted molar refractivity (Wildman–Crippen MR) is 63.5 cm³/mol. The average molecular weight is 313 g/mol. The van der Waals surface area contributed by atoms with E-state index in [-0.39, 0.29) is 1.43 Å². The summed E-state index contributed by atoms with van der Waals surface area (Å²) >= 11 is 15.0. The number of carbonyl (C=O) groups excluding carboxylic acids is 4. The van der Waals surface area contributed by atoms with Crippen molar-refractivity contribution in [2.75, 3.05) is 20.1 Å². The third-order valence-electron chi connectivity index (χ3n) is 0.865. The van der Waals surface area contributed by atoms with Crippen LogP contribution in [0.4, 0.5) is 0 Å². The second-order valence-electron chi connectivity index (χ2n) is 1.79. The highest BCUT2D eigenvalue weighted by Gasteiger charge is 2.10. The van der Waals surface area contributed by atoms with Crippen LogP contribution >= 0.6 is 34.8 Å². The molecule has 1 unspecified atom stereocenters. The molecule has 0 N–H and O–H groups in total. The van der Waals surface area contributed by atoms with Crippen LogP contribution < -0.4 is 0 Å². The van der Waals surface area contributed by atoms with Crippen LogP contribution in [-0.4, -0.2) is 49.4 Å². The lowest BCUT2D eigenvalue weighted by atomic mass is 10.5. The maximum Gasteiger partial charge on any atom is 0.375 e. The first-order valence-electron chi connectivity index (χ1n) is 4.19. The SMILES string of the molecule is C=O.COC(=O)C(Cl)Cl.[2H-].[2H]C(Cl)C(=O)C(=O)OC. The van der Waals surface area contributed by atoms with Crippen molar-refractivity contribution in [2.45, 2.75) is 4.84 Å². The zero-order valence-electron chi connectivity index (χ0n) is 10.9. The molecule has 0 amide bonds. The molecule has 0 rings (SSSR count). The van der Waals surface area contributed by atoms with E-state index in [4.69, 9.17) is 41.0 Å². The third-order valence-corrected chi connectivity index (χ3v) is 1.42. The highest BCUT2D eigenvalue weighted by Crippen LogP contribution is 2.01. The number of halogens is 3. The van der Waals surface area contributed by atoms with Crippen LogP contribution in [0.2, 0.25) is 0 Å². The van der Waals surface area contributed by atoms with Gasteiger partial charge in [0.25, 0.3) is 5.78 Å². The van der Waals surface area contributed by atoms with Crippen LogP contribution in [0.5, 0.6) is 0 Å². The molecule has 9 heteroatoms. The standard InChI is InChI=1S/C4H5ClO3.C3H4Cl2O2.CH2O.H/c1-8-4(7)3(6)2-5;1-7-3(6)2(4)5;1-2;/h2H2,1H3;2H,1H3;1H2;/q;;;-1/i2D;;;1+1. The van der Waals surface area contributed by atoms with E-state index < -0.39 is 28.4 Å². The Bertz CT molecular complexity index is 275. The molecule has 0 aromatic rings. The summed E-state index contributed by atoms with van der Waals surface area (Å²) in [6.07, 6.45) is 0. The number of Topliss-reactive ketones (excluding diaryl/α,β-unsaturated/α-hetero) is 1. The van der Waals surface area contributed by atoms with E-state index in [0.717, 1.165) is 7.11 Å². The number of ether oxygens (including phenoxy) is 2. The highest BCUT2D eigenvalue weighted by molar-refractivity contribution is 6.52. The van der Waals surface area contributed by atoms with Crippen LogP contribution in [0.1, 0.15) is 2.80 Å². The number of methoxy groups -OCH3 is 2. The minimum atomic E-state index is -1.54. The van der Waals surface area contributed by atoms with Gasteiger partial charge in [-0.05, 0) is 0 Å². The number of esters is 2. The number of alkyl halides is 3. The average Bonchev–Trinajstić information content (AvgIpc) is 2.38. The molecule has 0 fully saturated rings. The number of hydrogen-bond acceptors (Lipinski definition) is 6. The van der Waals surface area contributed by atoms with E-state index in [0.29, 0.717) is 0 Å². The monoisotopic (exact) mass is 311 g/mol. The summed E-state index contributed by atoms with van der Waals surface area (Å²) in [6.45, 7) is 2.00. The van der Waals surface area contributed by atoms with Gasteiger partial charge in [-0.3, -0.25) is 4.79 Å². The van der Waals surface area contributed by atoms with Gasteiger partial charge in [0.05, 0.1) is 21.4 Å². The second kappa shape index (κ2) is 15.1. The van der Waals surface area contributed by atoms with Crippen molar-refractivity contribution in [2.24, 2.45) is 0 Å². The first kappa shape index (κ1) is 18.5. The Balaban J connectivity index is -0.000000102. The first-order chi connectivity index (χ1) is 8.27. The number of carbonyl (C=O) groups is 4. The molecule has 0 aromatic heterocycles. The number of hydrogen-bond donors (Lipinski definition) is 0. The Hall–Kier alpha value is -0.850. The summed E-state index contributed by atoms with van der Waals surface area (Å²) in [5, 5.41) is 0. The Labute approximate surface area is 116 Å². The molecular formula is C8H12Cl3O6-. The minimum Gasteiger partial charge on any atom is -1.00 e. The normalized spacial score (nSPS) is 10.6. The summed E-state index contributed by atoms with van der Waals surface area (Å²) < 4.78 is 14.6. The molecule has 0 aliphatic heterocycles. The molecule has 6 nitrogen and oxygen atoms in total. The Kier molecular flexibility index (Phi) is 16.5. The van der Waals surface area contributed by atoms with Crippen LogP contribution in [0, 0.1) is 0 Å². The molecule has 0 aliphatic carbocycles. The van der Waals surface area contributed by atoms with Gasteiger partial charge in [0, 0.05) is 0 Å². The molecular weight excluding hydrogens is 298 g/mol. The van der Waals surface area contributed by atoms with E-state index >= 15 is 0 Å². The van der Waals surface area contributed by atoms with Gasteiger partial charge in [0.2, 0.25) is 4.84 Å². The second-order valence-corrected chi connectivity index (χ2v) is 3.10. The van der Waals surface area contributed by atoms with E-state index in [1.807, 2.05) is 6.79 Å². The number of rotatable bonds is 3. The van der Waals surface area contributed by atoms with Crippen LogP contribution in [0.15, 0.2) is 0 Å². The molecule has 0 spiro atoms. The van der Waals surface area contributed by atoms with Crippen molar-refractivity contribution < 1.29 is 31.4 Å². The zero-order valence-corrected chi connectivity index (χ0v) is 11.2. The Morgan fingerprint density at radius 1 is 1.29 bits per heavy atom. The smallest absolute Gasteiger partial charge is 0.375 e. The summed E-state index contributed by atoms with van der Waals surface area (Å²) in [4.78, 5) is 37.4. The van der Waals surface area contributed by atoms with Gasteiger partial charge in [-0.1, -0.05) is 23.2 Å². The van der Waals surface area contributed by atoms with Gasteiger partial charge in [-0.2, -0.15) is 0 Å². The van der Waals surface area contributed by atoms with Crippen molar-refractivity contribution in [3.63, 3.8) is 0 Å². The fraction of sp³-hybridized carbons (Fsp3) is 0.500. The van der Waals surface area contributed by atoms with Gasteiger partial charge >= 0.3 is 11.9 Å². The van der Waals surface area contributed by atoms with E-state index in [1.165, 1.54) is 7.11 Å². The molecule has 17 heavy (non-hydrogen) atoms. The molecule has 0 bridgehead atoms. The van der Waals surface area contributed by atoms with Gasteiger partial charge in [-0.25, -0.2) is 9.59 Å². The summed E-state index contributed by atoms with van der Waals surface area (Å²) in [5.74, 6) is -4.29. The van der Waals surface area contributed by atoms with E-state index in [1.54, 1.807) is 0 Å². The molecule has 0 radical (unpaired) electrons. The van der Waals surface area contributed by atoms with E-state index in [2.05, 4.69) is 9.47 Å². The fourth-order valence-electron chi connectivity index (χ4n) is 0.234. The van der Waals surface area contributed by atoms with Crippen LogP contribution in [0.25, 0.3) is 0 Å². The molecule has 102 valence electrons. The lowest BCUT2D eigenvalue weighted by Crippen LogP contribution is -2.16. The predicted octanol–water partition coefficient (Wildman–Crippen LogP) is 0.858. The molecule has 0 saturated carbocycles. The first-order valence-corrected chi connectivity index (χ1v) is 4.92. The molecule has 1 atom stereocenters. The Morgan fingerprint density at radius 2 is 1.71 bits per heavy atom. The topological polar surface area (TPSA) is 86.7 Å². The molecule has 0 aliphatic rings. The van der Waals surface area contributed by atoms with Crippen molar-refractivity contribution in [1.29, 1.82) is 0 Å². The summed E-state index contributed by atoms with van der Waals surface area (Å²) in [5.41, 5.74) is 0. The summed E-state index contributed by atoms with van der Waals surface area (Å²) in [7, 11) is 2.28. The molecule has 0 saturated heterocycles. The van der Waals surface area contributed by atoms with Crippen molar-refractivity contribution in [3.8, 4) is 0 Å². The van der Waals surface area contributed by atoms with Gasteiger partial charge in [0.1, 0.15) is 6.79 Å². The third kappa shape index (κ3) is 15.1. The van der Waals surface area contributed by atoms with Gasteiger partial charge in [-0.15, -0.1) is 11.6 Å². The zero-order chi connectivity index (χ0) is 15.3. The van der Waals surface area contributed by atoms with E-state index in [9.17, 15) is 14.4 Å². The maximum atomic E-state index is 10.3. The van der Waals surface area contributed by atoms with Crippen molar-refractivity contribution in [1.82, 2.24) is 0 Å². The lowest BCUT2D eigenvalue weighted by molar-refractivity contribution is -0.150. The molecule has 0 aromatic carbocycles. The van der Waals surface area contributed by atoms with Crippen LogP contribution in [-0.2, 0) is 28.7 Å².